The van der Waals surface area contributed by atoms with E-state index in [1.54, 1.807) is 59.5 Å². The van der Waals surface area contributed by atoms with E-state index in [1.807, 2.05) is 20.8 Å². The molecule has 7 nitrogen and oxygen atoms in total. The second-order valence-corrected chi connectivity index (χ2v) is 10.3. The number of nitrogen functional groups attached to an aromatic ring is 1. The fourth-order valence-corrected chi connectivity index (χ4v) is 4.54. The summed E-state index contributed by atoms with van der Waals surface area (Å²) in [7, 11) is 0. The Hall–Kier alpha value is -4.20. The molecule has 4 rings (SSSR count). The Morgan fingerprint density at radius 3 is 2.19 bits per heavy atom. The second kappa shape index (κ2) is 10.4. The molecule has 0 aromatic heterocycles. The molecule has 1 fully saturated rings. The Morgan fingerprint density at radius 1 is 0.946 bits per heavy atom. The lowest BCUT2D eigenvalue weighted by atomic mass is 9.85. The number of nitrogens with one attached hydrogen (secondary N) is 2. The number of nitrogens with zero attached hydrogens (tertiary/aromatic N) is 1. The molecular formula is C29H31FN4O3. The van der Waals surface area contributed by atoms with Gasteiger partial charge in [0.15, 0.2) is 0 Å². The summed E-state index contributed by atoms with van der Waals surface area (Å²) in [5, 5.41) is 5.71. The lowest BCUT2D eigenvalue weighted by molar-refractivity contribution is -0.138. The van der Waals surface area contributed by atoms with E-state index in [2.05, 4.69) is 10.6 Å². The third-order valence-electron chi connectivity index (χ3n) is 6.38. The highest BCUT2D eigenvalue weighted by Crippen LogP contribution is 2.30. The first-order chi connectivity index (χ1) is 17.5. The van der Waals surface area contributed by atoms with Crippen molar-refractivity contribution < 1.29 is 18.8 Å². The second-order valence-electron chi connectivity index (χ2n) is 10.3. The minimum atomic E-state index is -0.596. The van der Waals surface area contributed by atoms with Crippen LogP contribution in [0.4, 0.5) is 21.5 Å². The van der Waals surface area contributed by atoms with Gasteiger partial charge in [-0.25, -0.2) is 4.39 Å². The van der Waals surface area contributed by atoms with Crippen molar-refractivity contribution in [3.8, 4) is 11.1 Å². The molecule has 192 valence electrons. The summed E-state index contributed by atoms with van der Waals surface area (Å²) in [4.78, 5) is 40.0. The minimum absolute atomic E-state index is 0.00938. The van der Waals surface area contributed by atoms with E-state index in [0.717, 1.165) is 17.5 Å². The zero-order chi connectivity index (χ0) is 26.7. The molecule has 4 N–H and O–H groups in total. The first-order valence-electron chi connectivity index (χ1n) is 12.2. The first-order valence-corrected chi connectivity index (χ1v) is 12.2. The number of benzene rings is 3. The molecule has 3 aromatic carbocycles. The van der Waals surface area contributed by atoms with Crippen molar-refractivity contribution in [2.75, 3.05) is 22.9 Å². The molecule has 0 spiro atoms. The lowest BCUT2D eigenvalue weighted by Crippen LogP contribution is -2.52. The molecule has 1 aliphatic heterocycles. The Balaban J connectivity index is 1.46. The topological polar surface area (TPSA) is 105 Å². The Kier molecular flexibility index (Phi) is 7.29. The van der Waals surface area contributed by atoms with Crippen molar-refractivity contribution in [3.63, 3.8) is 0 Å². The van der Waals surface area contributed by atoms with Crippen LogP contribution in [0, 0.1) is 11.2 Å². The van der Waals surface area contributed by atoms with E-state index in [4.69, 9.17) is 5.73 Å². The van der Waals surface area contributed by atoms with Crippen LogP contribution in [-0.2, 0) is 9.59 Å². The third kappa shape index (κ3) is 5.97. The summed E-state index contributed by atoms with van der Waals surface area (Å²) in [6.45, 7) is 6.38. The smallest absolute Gasteiger partial charge is 0.255 e. The van der Waals surface area contributed by atoms with Gasteiger partial charge in [-0.15, -0.1) is 0 Å². The Bertz CT molecular complexity index is 1310. The van der Waals surface area contributed by atoms with E-state index < -0.39 is 11.5 Å². The maximum absolute atomic E-state index is 13.3. The standard InChI is InChI=1S/C29H31FN4O3/c1-29(2,3)26(34-16-4-5-25(34)35)28(37)32-22-13-8-19(9-14-22)27(36)33-24-17-20(10-15-23(24)31)18-6-11-21(30)12-7-18/h6-15,17,26H,4-5,16,31H2,1-3H3,(H,32,37)(H,33,36)/t26-/m1/s1. The normalized spacial score (nSPS) is 14.4. The zero-order valence-corrected chi connectivity index (χ0v) is 21.2. The van der Waals surface area contributed by atoms with Crippen LogP contribution in [0.1, 0.15) is 44.0 Å². The van der Waals surface area contributed by atoms with Gasteiger partial charge in [-0.05, 0) is 71.5 Å². The summed E-state index contributed by atoms with van der Waals surface area (Å²) in [5.41, 5.74) is 8.95. The third-order valence-corrected chi connectivity index (χ3v) is 6.38. The fourth-order valence-electron chi connectivity index (χ4n) is 4.54. The molecule has 0 radical (unpaired) electrons. The van der Waals surface area contributed by atoms with Crippen molar-refractivity contribution in [1.82, 2.24) is 4.90 Å². The average Bonchev–Trinajstić information content (AvgIpc) is 3.25. The van der Waals surface area contributed by atoms with Gasteiger partial charge in [-0.3, -0.25) is 14.4 Å². The molecule has 0 saturated carbocycles. The zero-order valence-electron chi connectivity index (χ0n) is 21.2. The summed E-state index contributed by atoms with van der Waals surface area (Å²) in [5.74, 6) is -0.961. The van der Waals surface area contributed by atoms with Crippen molar-refractivity contribution in [2.24, 2.45) is 5.41 Å². The van der Waals surface area contributed by atoms with Gasteiger partial charge in [0.2, 0.25) is 11.8 Å². The van der Waals surface area contributed by atoms with Crippen LogP contribution >= 0.6 is 0 Å². The molecule has 1 saturated heterocycles. The highest BCUT2D eigenvalue weighted by molar-refractivity contribution is 6.06. The average molecular weight is 503 g/mol. The summed E-state index contributed by atoms with van der Waals surface area (Å²) < 4.78 is 13.3. The van der Waals surface area contributed by atoms with Crippen LogP contribution in [0.2, 0.25) is 0 Å². The van der Waals surface area contributed by atoms with Gasteiger partial charge in [0.25, 0.3) is 5.91 Å². The van der Waals surface area contributed by atoms with E-state index in [-0.39, 0.29) is 23.5 Å². The van der Waals surface area contributed by atoms with Gasteiger partial charge >= 0.3 is 0 Å². The van der Waals surface area contributed by atoms with Crippen LogP contribution in [-0.4, -0.2) is 35.2 Å². The van der Waals surface area contributed by atoms with Gasteiger partial charge < -0.3 is 21.3 Å². The first kappa shape index (κ1) is 25.9. The minimum Gasteiger partial charge on any atom is -0.397 e. The van der Waals surface area contributed by atoms with E-state index >= 15 is 0 Å². The van der Waals surface area contributed by atoms with E-state index in [9.17, 15) is 18.8 Å². The maximum Gasteiger partial charge on any atom is 0.255 e. The van der Waals surface area contributed by atoms with Gasteiger partial charge in [-0.2, -0.15) is 0 Å². The van der Waals surface area contributed by atoms with E-state index in [0.29, 0.717) is 35.6 Å². The number of nitrogens with two attached hydrogens (primary N) is 1. The number of hydrogen-bond donors (Lipinski definition) is 3. The van der Waals surface area contributed by atoms with Crippen LogP contribution in [0.25, 0.3) is 11.1 Å². The van der Waals surface area contributed by atoms with Crippen LogP contribution in [0.15, 0.2) is 66.7 Å². The molecule has 0 aliphatic carbocycles. The van der Waals surface area contributed by atoms with Crippen molar-refractivity contribution >= 4 is 34.8 Å². The highest BCUT2D eigenvalue weighted by Gasteiger charge is 2.40. The molecule has 1 aliphatic rings. The number of hydrogen-bond acceptors (Lipinski definition) is 4. The van der Waals surface area contributed by atoms with Crippen LogP contribution < -0.4 is 16.4 Å². The summed E-state index contributed by atoms with van der Waals surface area (Å²) in [6, 6.07) is 17.2. The molecular weight excluding hydrogens is 471 g/mol. The Labute approximate surface area is 215 Å². The number of halogens is 1. The van der Waals surface area contributed by atoms with Crippen molar-refractivity contribution in [3.05, 3.63) is 78.1 Å². The monoisotopic (exact) mass is 502 g/mol. The van der Waals surface area contributed by atoms with Crippen LogP contribution in [0.3, 0.4) is 0 Å². The Morgan fingerprint density at radius 2 is 1.59 bits per heavy atom. The largest absolute Gasteiger partial charge is 0.397 e. The predicted molar refractivity (Wildman–Crippen MR) is 143 cm³/mol. The highest BCUT2D eigenvalue weighted by atomic mass is 19.1. The molecule has 3 amide bonds. The number of rotatable bonds is 6. The maximum atomic E-state index is 13.3. The molecule has 37 heavy (non-hydrogen) atoms. The number of anilines is 3. The molecule has 1 heterocycles. The van der Waals surface area contributed by atoms with Gasteiger partial charge in [0, 0.05) is 24.2 Å². The van der Waals surface area contributed by atoms with Gasteiger partial charge in [-0.1, -0.05) is 39.0 Å². The van der Waals surface area contributed by atoms with Crippen LogP contribution in [0.5, 0.6) is 0 Å². The summed E-state index contributed by atoms with van der Waals surface area (Å²) >= 11 is 0. The number of likely N-dealkylation sites (tertiary alicyclic amines) is 1. The lowest BCUT2D eigenvalue weighted by Gasteiger charge is -2.36. The fraction of sp³-hybridized carbons (Fsp3) is 0.276. The molecule has 1 atom stereocenters. The predicted octanol–water partition coefficient (Wildman–Crippen LogP) is 5.30. The molecule has 0 unspecified atom stereocenters. The number of carbonyl (C=O) groups excluding carboxylic acids is 3. The molecule has 8 heteroatoms. The molecule has 3 aromatic rings. The number of carbonyl (C=O) groups is 3. The number of amides is 3. The molecule has 0 bridgehead atoms. The van der Waals surface area contributed by atoms with Gasteiger partial charge in [0.05, 0.1) is 11.4 Å². The van der Waals surface area contributed by atoms with Gasteiger partial charge in [0.1, 0.15) is 11.9 Å². The van der Waals surface area contributed by atoms with Crippen molar-refractivity contribution in [2.45, 2.75) is 39.7 Å². The summed E-state index contributed by atoms with van der Waals surface area (Å²) in [6.07, 6.45) is 1.21. The SMILES string of the molecule is CC(C)(C)[C@@H](C(=O)Nc1ccc(C(=O)Nc2cc(-c3ccc(F)cc3)ccc2N)cc1)N1CCCC1=O. The quantitative estimate of drug-likeness (QED) is 0.398. The van der Waals surface area contributed by atoms with E-state index in [1.165, 1.54) is 12.1 Å². The van der Waals surface area contributed by atoms with Crippen molar-refractivity contribution in [1.29, 1.82) is 0 Å².